The van der Waals surface area contributed by atoms with E-state index in [2.05, 4.69) is 31.3 Å². The predicted octanol–water partition coefficient (Wildman–Crippen LogP) is 2.39. The molecule has 1 aromatic carbocycles. The second kappa shape index (κ2) is 4.23. The van der Waals surface area contributed by atoms with E-state index in [-0.39, 0.29) is 0 Å². The van der Waals surface area contributed by atoms with Gasteiger partial charge in [0.25, 0.3) is 0 Å². The molecule has 0 saturated carbocycles. The van der Waals surface area contributed by atoms with E-state index in [4.69, 9.17) is 4.74 Å². The van der Waals surface area contributed by atoms with Gasteiger partial charge < -0.3 is 10.1 Å². The van der Waals surface area contributed by atoms with Crippen LogP contribution < -0.4 is 10.1 Å². The highest BCUT2D eigenvalue weighted by molar-refractivity contribution is 5.44. The average molecular weight is 205 g/mol. The van der Waals surface area contributed by atoms with E-state index in [1.54, 1.807) is 7.11 Å². The lowest BCUT2D eigenvalue weighted by Crippen LogP contribution is -2.08. The molecule has 1 heterocycles. The van der Waals surface area contributed by atoms with Crippen molar-refractivity contribution < 1.29 is 4.74 Å². The van der Waals surface area contributed by atoms with E-state index in [0.29, 0.717) is 5.92 Å². The van der Waals surface area contributed by atoms with Crippen LogP contribution in [0.5, 0.6) is 5.75 Å². The maximum atomic E-state index is 5.38. The SMILES string of the molecule is COc1c(C)cc(C2CCNC2)cc1C. The minimum atomic E-state index is 0.688. The summed E-state index contributed by atoms with van der Waals surface area (Å²) in [5.74, 6) is 1.72. The third-order valence-corrected chi connectivity index (χ3v) is 3.22. The molecular formula is C13H19NO. The second-order valence-electron chi connectivity index (χ2n) is 4.38. The maximum Gasteiger partial charge on any atom is 0.124 e. The summed E-state index contributed by atoms with van der Waals surface area (Å²) in [7, 11) is 1.74. The standard InChI is InChI=1S/C13H19NO/c1-9-6-12(11-4-5-14-8-11)7-10(2)13(9)15-3/h6-7,11,14H,4-5,8H2,1-3H3. The summed E-state index contributed by atoms with van der Waals surface area (Å²) in [6.45, 7) is 6.51. The van der Waals surface area contributed by atoms with E-state index < -0.39 is 0 Å². The van der Waals surface area contributed by atoms with E-state index in [1.807, 2.05) is 0 Å². The number of rotatable bonds is 2. The molecule has 1 aliphatic rings. The van der Waals surface area contributed by atoms with Crippen LogP contribution in [0.15, 0.2) is 12.1 Å². The number of ether oxygens (including phenoxy) is 1. The molecule has 0 amide bonds. The molecule has 2 nitrogen and oxygen atoms in total. The molecule has 0 aromatic heterocycles. The summed E-state index contributed by atoms with van der Waals surface area (Å²) in [5.41, 5.74) is 3.95. The smallest absolute Gasteiger partial charge is 0.124 e. The predicted molar refractivity (Wildman–Crippen MR) is 62.7 cm³/mol. The molecule has 1 fully saturated rings. The number of hydrogen-bond acceptors (Lipinski definition) is 2. The molecule has 1 aliphatic heterocycles. The fourth-order valence-electron chi connectivity index (χ4n) is 2.48. The Labute approximate surface area is 91.6 Å². The Balaban J connectivity index is 2.33. The van der Waals surface area contributed by atoms with E-state index in [9.17, 15) is 0 Å². The Bertz CT molecular complexity index is 331. The molecule has 1 N–H and O–H groups in total. The van der Waals surface area contributed by atoms with Crippen molar-refractivity contribution in [3.05, 3.63) is 28.8 Å². The van der Waals surface area contributed by atoms with Crippen molar-refractivity contribution >= 4 is 0 Å². The van der Waals surface area contributed by atoms with Gasteiger partial charge in [-0.2, -0.15) is 0 Å². The Hall–Kier alpha value is -1.02. The summed E-state index contributed by atoms with van der Waals surface area (Å²) < 4.78 is 5.38. The van der Waals surface area contributed by atoms with Crippen LogP contribution >= 0.6 is 0 Å². The van der Waals surface area contributed by atoms with Gasteiger partial charge in [0, 0.05) is 6.54 Å². The van der Waals surface area contributed by atoms with Crippen molar-refractivity contribution in [1.29, 1.82) is 0 Å². The van der Waals surface area contributed by atoms with Crippen LogP contribution in [-0.2, 0) is 0 Å². The summed E-state index contributed by atoms with van der Waals surface area (Å²) in [4.78, 5) is 0. The quantitative estimate of drug-likeness (QED) is 0.800. The molecule has 0 bridgehead atoms. The molecule has 2 heteroatoms. The molecule has 0 radical (unpaired) electrons. The monoisotopic (exact) mass is 205 g/mol. The number of methoxy groups -OCH3 is 1. The van der Waals surface area contributed by atoms with Gasteiger partial charge in [-0.05, 0) is 49.4 Å². The van der Waals surface area contributed by atoms with Crippen molar-refractivity contribution in [3.8, 4) is 5.75 Å². The zero-order chi connectivity index (χ0) is 10.8. The molecule has 1 unspecified atom stereocenters. The first-order valence-corrected chi connectivity index (χ1v) is 5.58. The summed E-state index contributed by atoms with van der Waals surface area (Å²) in [5, 5.41) is 3.41. The third-order valence-electron chi connectivity index (χ3n) is 3.22. The molecular weight excluding hydrogens is 186 g/mol. The highest BCUT2D eigenvalue weighted by Crippen LogP contribution is 2.30. The Morgan fingerprint density at radius 2 is 1.93 bits per heavy atom. The van der Waals surface area contributed by atoms with Gasteiger partial charge in [0.15, 0.2) is 0 Å². The zero-order valence-corrected chi connectivity index (χ0v) is 9.76. The normalized spacial score (nSPS) is 20.6. The van der Waals surface area contributed by atoms with Gasteiger partial charge in [-0.1, -0.05) is 12.1 Å². The highest BCUT2D eigenvalue weighted by Gasteiger charge is 2.18. The van der Waals surface area contributed by atoms with E-state index in [1.165, 1.54) is 23.1 Å². The number of aryl methyl sites for hydroxylation is 2. The molecule has 82 valence electrons. The number of benzene rings is 1. The van der Waals surface area contributed by atoms with Crippen LogP contribution in [-0.4, -0.2) is 20.2 Å². The van der Waals surface area contributed by atoms with Crippen molar-refractivity contribution in [2.75, 3.05) is 20.2 Å². The van der Waals surface area contributed by atoms with Crippen molar-refractivity contribution in [3.63, 3.8) is 0 Å². The largest absolute Gasteiger partial charge is 0.496 e. The van der Waals surface area contributed by atoms with Gasteiger partial charge in [0.2, 0.25) is 0 Å². The van der Waals surface area contributed by atoms with Gasteiger partial charge in [-0.3, -0.25) is 0 Å². The van der Waals surface area contributed by atoms with Crippen LogP contribution in [0.1, 0.15) is 29.0 Å². The highest BCUT2D eigenvalue weighted by atomic mass is 16.5. The maximum absolute atomic E-state index is 5.38. The van der Waals surface area contributed by atoms with Crippen LogP contribution in [0.2, 0.25) is 0 Å². The second-order valence-corrected chi connectivity index (χ2v) is 4.38. The van der Waals surface area contributed by atoms with Crippen molar-refractivity contribution in [1.82, 2.24) is 5.32 Å². The molecule has 15 heavy (non-hydrogen) atoms. The van der Waals surface area contributed by atoms with Crippen molar-refractivity contribution in [2.24, 2.45) is 0 Å². The van der Waals surface area contributed by atoms with Crippen LogP contribution in [0.4, 0.5) is 0 Å². The van der Waals surface area contributed by atoms with E-state index >= 15 is 0 Å². The number of nitrogens with one attached hydrogen (secondary N) is 1. The summed E-state index contributed by atoms with van der Waals surface area (Å²) in [6, 6.07) is 4.53. The fourth-order valence-corrected chi connectivity index (χ4v) is 2.48. The number of hydrogen-bond donors (Lipinski definition) is 1. The average Bonchev–Trinajstić information content (AvgIpc) is 2.69. The van der Waals surface area contributed by atoms with Gasteiger partial charge in [0.1, 0.15) is 5.75 Å². The van der Waals surface area contributed by atoms with Crippen LogP contribution in [0.3, 0.4) is 0 Å². The molecule has 1 atom stereocenters. The molecule has 2 rings (SSSR count). The van der Waals surface area contributed by atoms with Gasteiger partial charge in [-0.15, -0.1) is 0 Å². The van der Waals surface area contributed by atoms with Crippen molar-refractivity contribution in [2.45, 2.75) is 26.2 Å². The zero-order valence-electron chi connectivity index (χ0n) is 9.76. The lowest BCUT2D eigenvalue weighted by atomic mass is 9.94. The Kier molecular flexibility index (Phi) is 2.96. The van der Waals surface area contributed by atoms with E-state index in [0.717, 1.165) is 18.8 Å². The lowest BCUT2D eigenvalue weighted by Gasteiger charge is -2.14. The molecule has 1 saturated heterocycles. The minimum absolute atomic E-state index is 0.688. The van der Waals surface area contributed by atoms with Crippen LogP contribution in [0.25, 0.3) is 0 Å². The minimum Gasteiger partial charge on any atom is -0.496 e. The first-order chi connectivity index (χ1) is 7.22. The third kappa shape index (κ3) is 2.00. The fraction of sp³-hybridized carbons (Fsp3) is 0.538. The van der Waals surface area contributed by atoms with Gasteiger partial charge in [0.05, 0.1) is 7.11 Å². The van der Waals surface area contributed by atoms with Gasteiger partial charge >= 0.3 is 0 Å². The Morgan fingerprint density at radius 1 is 1.27 bits per heavy atom. The molecule has 0 spiro atoms. The van der Waals surface area contributed by atoms with Crippen LogP contribution in [0, 0.1) is 13.8 Å². The topological polar surface area (TPSA) is 21.3 Å². The molecule has 1 aromatic rings. The lowest BCUT2D eigenvalue weighted by molar-refractivity contribution is 0.408. The van der Waals surface area contributed by atoms with Gasteiger partial charge in [-0.25, -0.2) is 0 Å². The summed E-state index contributed by atoms with van der Waals surface area (Å²) in [6.07, 6.45) is 1.26. The Morgan fingerprint density at radius 3 is 2.40 bits per heavy atom. The molecule has 0 aliphatic carbocycles. The first-order valence-electron chi connectivity index (χ1n) is 5.58. The first kappa shape index (κ1) is 10.5. The summed E-state index contributed by atoms with van der Waals surface area (Å²) >= 11 is 0.